The summed E-state index contributed by atoms with van der Waals surface area (Å²) in [6.45, 7) is 3.38. The Kier molecular flexibility index (Phi) is 6.22. The van der Waals surface area contributed by atoms with E-state index in [1.165, 1.54) is 11.1 Å². The van der Waals surface area contributed by atoms with Crippen LogP contribution in [-0.4, -0.2) is 42.3 Å². The maximum atomic E-state index is 12.5. The summed E-state index contributed by atoms with van der Waals surface area (Å²) in [6, 6.07) is 16.0. The molecular weight excluding hydrogens is 420 g/mol. The van der Waals surface area contributed by atoms with Crippen molar-refractivity contribution in [2.45, 2.75) is 32.2 Å². The van der Waals surface area contributed by atoms with E-state index < -0.39 is 23.4 Å². The van der Waals surface area contributed by atoms with Crippen molar-refractivity contribution in [2.75, 3.05) is 13.2 Å². The van der Waals surface area contributed by atoms with E-state index in [1.807, 2.05) is 24.3 Å². The predicted octanol–water partition coefficient (Wildman–Crippen LogP) is 3.70. The van der Waals surface area contributed by atoms with E-state index in [0.717, 1.165) is 11.1 Å². The number of amides is 2. The van der Waals surface area contributed by atoms with Gasteiger partial charge in [0.25, 0.3) is 0 Å². The molecule has 2 amide bonds. The molecule has 2 aliphatic carbocycles. The Labute approximate surface area is 192 Å². The number of hydrogen-bond donors (Lipinski definition) is 3. The van der Waals surface area contributed by atoms with E-state index >= 15 is 0 Å². The Morgan fingerprint density at radius 3 is 2.21 bits per heavy atom. The van der Waals surface area contributed by atoms with Crippen molar-refractivity contribution in [3.05, 3.63) is 71.8 Å². The number of carboxylic acids is 1. The normalized spacial score (nSPS) is 19.0. The highest BCUT2D eigenvalue weighted by atomic mass is 16.5. The molecule has 2 unspecified atom stereocenters. The molecule has 0 heterocycles. The number of rotatable bonds is 7. The summed E-state index contributed by atoms with van der Waals surface area (Å²) in [7, 11) is 0. The zero-order chi connectivity index (χ0) is 23.6. The number of carbonyl (C=O) groups is 3. The molecule has 2 aromatic carbocycles. The third-order valence-corrected chi connectivity index (χ3v) is 6.35. The molecule has 33 heavy (non-hydrogen) atoms. The number of ether oxygens (including phenoxy) is 1. The monoisotopic (exact) mass is 448 g/mol. The molecule has 0 fully saturated rings. The molecule has 7 heteroatoms. The molecule has 0 saturated carbocycles. The lowest BCUT2D eigenvalue weighted by atomic mass is 9.93. The van der Waals surface area contributed by atoms with Gasteiger partial charge in [-0.25, -0.2) is 4.79 Å². The van der Waals surface area contributed by atoms with Crippen molar-refractivity contribution < 1.29 is 24.2 Å². The van der Waals surface area contributed by atoms with Gasteiger partial charge in [-0.2, -0.15) is 0 Å². The van der Waals surface area contributed by atoms with Gasteiger partial charge < -0.3 is 20.5 Å². The van der Waals surface area contributed by atoms with Crippen LogP contribution in [0.3, 0.4) is 0 Å². The minimum absolute atomic E-state index is 0.0154. The summed E-state index contributed by atoms with van der Waals surface area (Å²) >= 11 is 0. The zero-order valence-corrected chi connectivity index (χ0v) is 18.7. The second-order valence-electron chi connectivity index (χ2n) is 9.21. The summed E-state index contributed by atoms with van der Waals surface area (Å²) in [4.78, 5) is 36.0. The fraction of sp³-hybridized carbons (Fsp3) is 0.346. The smallest absolute Gasteiger partial charge is 0.407 e. The highest BCUT2D eigenvalue weighted by molar-refractivity contribution is 5.83. The van der Waals surface area contributed by atoms with Gasteiger partial charge in [-0.05, 0) is 42.5 Å². The SMILES string of the molecule is CC(C)(CNC(=O)C1C=CC(NC(=O)OCC2c3ccccc3-c3ccccc32)C1)C(=O)O. The molecule has 172 valence electrons. The number of aliphatic carboxylic acids is 1. The van der Waals surface area contributed by atoms with Gasteiger partial charge in [0.05, 0.1) is 17.4 Å². The topological polar surface area (TPSA) is 105 Å². The molecule has 2 aromatic rings. The molecule has 7 nitrogen and oxygen atoms in total. The van der Waals surface area contributed by atoms with Gasteiger partial charge >= 0.3 is 12.1 Å². The van der Waals surface area contributed by atoms with Crippen molar-refractivity contribution in [1.82, 2.24) is 10.6 Å². The summed E-state index contributed by atoms with van der Waals surface area (Å²) in [6.07, 6.45) is 3.38. The molecule has 0 bridgehead atoms. The summed E-state index contributed by atoms with van der Waals surface area (Å²) in [5.41, 5.74) is 3.58. The van der Waals surface area contributed by atoms with E-state index in [9.17, 15) is 19.5 Å². The lowest BCUT2D eigenvalue weighted by molar-refractivity contribution is -0.146. The maximum Gasteiger partial charge on any atom is 0.407 e. The van der Waals surface area contributed by atoms with Crippen molar-refractivity contribution >= 4 is 18.0 Å². The Morgan fingerprint density at radius 2 is 1.61 bits per heavy atom. The molecule has 0 spiro atoms. The Bertz CT molecular complexity index is 1060. The highest BCUT2D eigenvalue weighted by Crippen LogP contribution is 2.44. The van der Waals surface area contributed by atoms with Crippen LogP contribution >= 0.6 is 0 Å². The lowest BCUT2D eigenvalue weighted by Gasteiger charge is -2.21. The van der Waals surface area contributed by atoms with Crippen molar-refractivity contribution in [3.8, 4) is 11.1 Å². The average Bonchev–Trinajstić information content (AvgIpc) is 3.39. The summed E-state index contributed by atoms with van der Waals surface area (Å²) in [5.74, 6) is -1.66. The van der Waals surface area contributed by atoms with Crippen LogP contribution in [0.1, 0.15) is 37.3 Å². The average molecular weight is 449 g/mol. The quantitative estimate of drug-likeness (QED) is 0.561. The van der Waals surface area contributed by atoms with Crippen molar-refractivity contribution in [1.29, 1.82) is 0 Å². The first kappa shape index (κ1) is 22.6. The van der Waals surface area contributed by atoms with Crippen LogP contribution in [0.5, 0.6) is 0 Å². The van der Waals surface area contributed by atoms with E-state index in [0.29, 0.717) is 6.42 Å². The number of nitrogens with one attached hydrogen (secondary N) is 2. The van der Waals surface area contributed by atoms with Crippen LogP contribution < -0.4 is 10.6 Å². The first-order valence-corrected chi connectivity index (χ1v) is 11.1. The Morgan fingerprint density at radius 1 is 1.00 bits per heavy atom. The third-order valence-electron chi connectivity index (χ3n) is 6.35. The van der Waals surface area contributed by atoms with Gasteiger partial charge in [0.15, 0.2) is 0 Å². The number of hydrogen-bond acceptors (Lipinski definition) is 4. The fourth-order valence-corrected chi connectivity index (χ4v) is 4.31. The molecular formula is C26H28N2O5. The largest absolute Gasteiger partial charge is 0.481 e. The van der Waals surface area contributed by atoms with Crippen molar-refractivity contribution in [2.24, 2.45) is 11.3 Å². The first-order valence-electron chi connectivity index (χ1n) is 11.1. The number of carbonyl (C=O) groups excluding carboxylic acids is 2. The van der Waals surface area contributed by atoms with Crippen LogP contribution in [-0.2, 0) is 14.3 Å². The molecule has 0 aromatic heterocycles. The van der Waals surface area contributed by atoms with E-state index in [2.05, 4.69) is 34.9 Å². The molecule has 3 N–H and O–H groups in total. The second-order valence-corrected chi connectivity index (χ2v) is 9.21. The Hall–Kier alpha value is -3.61. The van der Waals surface area contributed by atoms with Crippen LogP contribution in [0.15, 0.2) is 60.7 Å². The standard InChI is InChI=1S/C26H28N2O5/c1-26(2,24(30)31)15-27-23(29)16-11-12-17(13-16)28-25(32)33-14-22-20-9-5-3-7-18(20)19-8-4-6-10-21(19)22/h3-12,16-17,22H,13-15H2,1-2H3,(H,27,29)(H,28,32)(H,30,31). The van der Waals surface area contributed by atoms with Gasteiger partial charge in [0.1, 0.15) is 6.61 Å². The third kappa shape index (κ3) is 4.77. The lowest BCUT2D eigenvalue weighted by Crippen LogP contribution is -2.41. The number of alkyl carbamates (subject to hydrolysis) is 1. The van der Waals surface area contributed by atoms with Gasteiger partial charge in [0, 0.05) is 12.5 Å². The molecule has 2 atom stereocenters. The Balaban J connectivity index is 1.28. The number of fused-ring (bicyclic) bond motifs is 3. The fourth-order valence-electron chi connectivity index (χ4n) is 4.31. The number of benzene rings is 2. The number of carboxylic acid groups (broad SMARTS) is 1. The van der Waals surface area contributed by atoms with Crippen LogP contribution in [0, 0.1) is 11.3 Å². The molecule has 0 aliphatic heterocycles. The summed E-state index contributed by atoms with van der Waals surface area (Å²) < 4.78 is 5.57. The van der Waals surface area contributed by atoms with E-state index in [-0.39, 0.29) is 31.0 Å². The summed E-state index contributed by atoms with van der Waals surface area (Å²) in [5, 5.41) is 14.7. The maximum absolute atomic E-state index is 12.5. The molecule has 4 rings (SSSR count). The van der Waals surface area contributed by atoms with Crippen molar-refractivity contribution in [3.63, 3.8) is 0 Å². The minimum Gasteiger partial charge on any atom is -0.481 e. The van der Waals surface area contributed by atoms with Gasteiger partial charge in [-0.3, -0.25) is 9.59 Å². The van der Waals surface area contributed by atoms with Crippen LogP contribution in [0.25, 0.3) is 11.1 Å². The van der Waals surface area contributed by atoms with Gasteiger partial charge in [-0.1, -0.05) is 60.7 Å². The second kappa shape index (κ2) is 9.10. The van der Waals surface area contributed by atoms with Crippen LogP contribution in [0.2, 0.25) is 0 Å². The molecule has 0 radical (unpaired) electrons. The van der Waals surface area contributed by atoms with Crippen LogP contribution in [0.4, 0.5) is 4.79 Å². The minimum atomic E-state index is -1.04. The zero-order valence-electron chi connectivity index (χ0n) is 18.7. The molecule has 2 aliphatic rings. The first-order chi connectivity index (χ1) is 15.8. The van der Waals surface area contributed by atoms with Gasteiger partial charge in [0.2, 0.25) is 5.91 Å². The van der Waals surface area contributed by atoms with E-state index in [1.54, 1.807) is 26.0 Å². The van der Waals surface area contributed by atoms with E-state index in [4.69, 9.17) is 4.74 Å². The van der Waals surface area contributed by atoms with Gasteiger partial charge in [-0.15, -0.1) is 0 Å². The highest BCUT2D eigenvalue weighted by Gasteiger charge is 2.32. The molecule has 0 saturated heterocycles. The predicted molar refractivity (Wildman–Crippen MR) is 124 cm³/mol.